The molecule has 1 unspecified atom stereocenters. The Bertz CT molecular complexity index is 591. The lowest BCUT2D eigenvalue weighted by molar-refractivity contribution is -0.122. The molecule has 1 fully saturated rings. The molecule has 2 nitrogen and oxygen atoms in total. The highest BCUT2D eigenvalue weighted by Crippen LogP contribution is 2.24. The highest BCUT2D eigenvalue weighted by molar-refractivity contribution is 5.82. The van der Waals surface area contributed by atoms with Crippen LogP contribution in [0.1, 0.15) is 37.7 Å². The van der Waals surface area contributed by atoms with Gasteiger partial charge < -0.3 is 0 Å². The van der Waals surface area contributed by atoms with Crippen molar-refractivity contribution in [3.63, 3.8) is 0 Å². The SMILES string of the molecule is O=C1CCCCCC1Cc1ccc2ncccc2c1. The van der Waals surface area contributed by atoms with Crippen molar-refractivity contribution in [3.05, 3.63) is 42.1 Å². The summed E-state index contributed by atoms with van der Waals surface area (Å²) in [5.41, 5.74) is 2.29. The van der Waals surface area contributed by atoms with Gasteiger partial charge in [-0.25, -0.2) is 0 Å². The largest absolute Gasteiger partial charge is 0.299 e. The second kappa shape index (κ2) is 5.52. The summed E-state index contributed by atoms with van der Waals surface area (Å²) in [6.07, 6.45) is 8.04. The van der Waals surface area contributed by atoms with Crippen LogP contribution in [0.4, 0.5) is 0 Å². The molecular weight excluding hydrogens is 234 g/mol. The number of benzene rings is 1. The molecule has 1 atom stereocenters. The van der Waals surface area contributed by atoms with Gasteiger partial charge in [0, 0.05) is 23.9 Å². The predicted molar refractivity (Wildman–Crippen MR) is 77.0 cm³/mol. The van der Waals surface area contributed by atoms with E-state index in [1.54, 1.807) is 0 Å². The van der Waals surface area contributed by atoms with Gasteiger partial charge in [-0.1, -0.05) is 25.0 Å². The van der Waals surface area contributed by atoms with Crippen LogP contribution in [-0.2, 0) is 11.2 Å². The molecule has 2 aromatic rings. The van der Waals surface area contributed by atoms with Crippen LogP contribution in [0.3, 0.4) is 0 Å². The molecule has 2 heteroatoms. The van der Waals surface area contributed by atoms with Gasteiger partial charge in [0.05, 0.1) is 5.52 Å². The van der Waals surface area contributed by atoms with Crippen LogP contribution < -0.4 is 0 Å². The van der Waals surface area contributed by atoms with Crippen molar-refractivity contribution >= 4 is 16.7 Å². The molecule has 0 N–H and O–H groups in total. The Labute approximate surface area is 113 Å². The normalized spacial score (nSPS) is 20.4. The number of nitrogens with zero attached hydrogens (tertiary/aromatic N) is 1. The minimum Gasteiger partial charge on any atom is -0.299 e. The summed E-state index contributed by atoms with van der Waals surface area (Å²) in [5.74, 6) is 0.695. The lowest BCUT2D eigenvalue weighted by Gasteiger charge is -2.13. The molecule has 98 valence electrons. The van der Waals surface area contributed by atoms with Gasteiger partial charge in [-0.05, 0) is 43.0 Å². The van der Waals surface area contributed by atoms with Gasteiger partial charge >= 0.3 is 0 Å². The van der Waals surface area contributed by atoms with E-state index in [9.17, 15) is 4.79 Å². The second-order valence-electron chi connectivity index (χ2n) is 5.50. The Morgan fingerprint density at radius 1 is 1.16 bits per heavy atom. The average Bonchev–Trinajstić information content (AvgIpc) is 2.64. The van der Waals surface area contributed by atoms with Gasteiger partial charge in [-0.15, -0.1) is 0 Å². The summed E-state index contributed by atoms with van der Waals surface area (Å²) in [5, 5.41) is 1.17. The molecule has 1 saturated carbocycles. The third-order valence-corrected chi connectivity index (χ3v) is 4.08. The van der Waals surface area contributed by atoms with E-state index in [0.29, 0.717) is 5.78 Å². The number of hydrogen-bond acceptors (Lipinski definition) is 2. The maximum atomic E-state index is 12.1. The maximum absolute atomic E-state index is 12.1. The molecule has 0 aliphatic heterocycles. The molecule has 0 amide bonds. The fourth-order valence-electron chi connectivity index (χ4n) is 2.98. The van der Waals surface area contributed by atoms with E-state index in [4.69, 9.17) is 0 Å². The topological polar surface area (TPSA) is 30.0 Å². The van der Waals surface area contributed by atoms with E-state index >= 15 is 0 Å². The second-order valence-corrected chi connectivity index (χ2v) is 5.50. The Morgan fingerprint density at radius 2 is 2.11 bits per heavy atom. The Balaban J connectivity index is 1.82. The van der Waals surface area contributed by atoms with Crippen LogP contribution in [0.2, 0.25) is 0 Å². The molecule has 0 saturated heterocycles. The zero-order chi connectivity index (χ0) is 13.1. The Kier molecular flexibility index (Phi) is 3.58. The van der Waals surface area contributed by atoms with Crippen LogP contribution in [0.5, 0.6) is 0 Å². The molecule has 1 aromatic carbocycles. The van der Waals surface area contributed by atoms with Gasteiger partial charge in [0.1, 0.15) is 5.78 Å². The first-order valence-corrected chi connectivity index (χ1v) is 7.19. The van der Waals surface area contributed by atoms with Crippen molar-refractivity contribution in [2.75, 3.05) is 0 Å². The quantitative estimate of drug-likeness (QED) is 0.759. The molecule has 0 spiro atoms. The highest BCUT2D eigenvalue weighted by atomic mass is 16.1. The third kappa shape index (κ3) is 2.83. The molecule has 0 bridgehead atoms. The number of aromatic nitrogens is 1. The fraction of sp³-hybridized carbons (Fsp3) is 0.412. The van der Waals surface area contributed by atoms with Crippen LogP contribution in [0, 0.1) is 5.92 Å². The molecule has 1 aliphatic rings. The fourth-order valence-corrected chi connectivity index (χ4v) is 2.98. The summed E-state index contributed by atoms with van der Waals surface area (Å²) < 4.78 is 0. The monoisotopic (exact) mass is 253 g/mol. The minimum absolute atomic E-state index is 0.233. The summed E-state index contributed by atoms with van der Waals surface area (Å²) in [6.45, 7) is 0. The highest BCUT2D eigenvalue weighted by Gasteiger charge is 2.20. The number of fused-ring (bicyclic) bond motifs is 1. The number of Topliss-reactive ketones (excluding diaryl/α,β-unsaturated/α-hetero) is 1. The standard InChI is InChI=1S/C17H19NO/c19-17-7-3-1-2-5-15(17)12-13-8-9-16-14(11-13)6-4-10-18-16/h4,6,8-11,15H,1-3,5,7,12H2. The average molecular weight is 253 g/mol. The van der Waals surface area contributed by atoms with E-state index < -0.39 is 0 Å². The van der Waals surface area contributed by atoms with Crippen molar-refractivity contribution in [3.8, 4) is 0 Å². The van der Waals surface area contributed by atoms with Gasteiger partial charge in [0.2, 0.25) is 0 Å². The number of carbonyl (C=O) groups excluding carboxylic acids is 1. The summed E-state index contributed by atoms with van der Waals surface area (Å²) in [4.78, 5) is 16.4. The molecule has 1 heterocycles. The zero-order valence-electron chi connectivity index (χ0n) is 11.1. The summed E-state index contributed by atoms with van der Waals surface area (Å²) >= 11 is 0. The van der Waals surface area contributed by atoms with Gasteiger partial charge in [0.25, 0.3) is 0 Å². The minimum atomic E-state index is 0.233. The molecule has 1 aromatic heterocycles. The van der Waals surface area contributed by atoms with Crippen LogP contribution in [-0.4, -0.2) is 10.8 Å². The zero-order valence-corrected chi connectivity index (χ0v) is 11.1. The number of hydrogen-bond donors (Lipinski definition) is 0. The first-order chi connectivity index (χ1) is 9.33. The first-order valence-electron chi connectivity index (χ1n) is 7.19. The van der Waals surface area contributed by atoms with Crippen LogP contribution in [0.15, 0.2) is 36.5 Å². The molecule has 19 heavy (non-hydrogen) atoms. The number of ketones is 1. The Hall–Kier alpha value is -1.70. The van der Waals surface area contributed by atoms with Crippen LogP contribution >= 0.6 is 0 Å². The summed E-state index contributed by atoms with van der Waals surface area (Å²) in [7, 11) is 0. The first kappa shape index (κ1) is 12.3. The number of rotatable bonds is 2. The third-order valence-electron chi connectivity index (χ3n) is 4.08. The van der Waals surface area contributed by atoms with E-state index in [0.717, 1.165) is 31.2 Å². The lowest BCUT2D eigenvalue weighted by atomic mass is 9.91. The molecule has 3 rings (SSSR count). The molecule has 0 radical (unpaired) electrons. The van der Waals surface area contributed by atoms with Crippen molar-refractivity contribution in [1.29, 1.82) is 0 Å². The van der Waals surface area contributed by atoms with E-state index in [1.807, 2.05) is 12.3 Å². The van der Waals surface area contributed by atoms with Crippen LogP contribution in [0.25, 0.3) is 10.9 Å². The Morgan fingerprint density at radius 3 is 3.05 bits per heavy atom. The van der Waals surface area contributed by atoms with E-state index in [1.165, 1.54) is 23.8 Å². The van der Waals surface area contributed by atoms with Gasteiger partial charge in [0.15, 0.2) is 0 Å². The van der Waals surface area contributed by atoms with Crippen molar-refractivity contribution in [2.45, 2.75) is 38.5 Å². The van der Waals surface area contributed by atoms with Gasteiger partial charge in [-0.3, -0.25) is 9.78 Å². The predicted octanol–water partition coefficient (Wildman–Crippen LogP) is 3.93. The molecule has 1 aliphatic carbocycles. The smallest absolute Gasteiger partial charge is 0.136 e. The van der Waals surface area contributed by atoms with E-state index in [-0.39, 0.29) is 5.92 Å². The maximum Gasteiger partial charge on any atom is 0.136 e. The van der Waals surface area contributed by atoms with E-state index in [2.05, 4.69) is 29.2 Å². The number of carbonyl (C=O) groups is 1. The van der Waals surface area contributed by atoms with Crippen molar-refractivity contribution < 1.29 is 4.79 Å². The number of pyridine rings is 1. The van der Waals surface area contributed by atoms with Crippen molar-refractivity contribution in [1.82, 2.24) is 4.98 Å². The lowest BCUT2D eigenvalue weighted by Crippen LogP contribution is -2.15. The summed E-state index contributed by atoms with van der Waals surface area (Å²) in [6, 6.07) is 10.4. The van der Waals surface area contributed by atoms with Crippen molar-refractivity contribution in [2.24, 2.45) is 5.92 Å². The molecular formula is C17H19NO. The van der Waals surface area contributed by atoms with Gasteiger partial charge in [-0.2, -0.15) is 0 Å².